The fourth-order valence-corrected chi connectivity index (χ4v) is 3.45. The third kappa shape index (κ3) is 3.19. The summed E-state index contributed by atoms with van der Waals surface area (Å²) < 4.78 is 22.8. The lowest BCUT2D eigenvalue weighted by Gasteiger charge is -2.15. The second-order valence-corrected chi connectivity index (χ2v) is 6.27. The zero-order chi connectivity index (χ0) is 16.4. The van der Waals surface area contributed by atoms with Crippen molar-refractivity contribution < 1.29 is 9.13 Å². The van der Waals surface area contributed by atoms with Gasteiger partial charge in [0.15, 0.2) is 5.82 Å². The van der Waals surface area contributed by atoms with Gasteiger partial charge in [0.1, 0.15) is 18.0 Å². The van der Waals surface area contributed by atoms with Gasteiger partial charge >= 0.3 is 4.87 Å². The Morgan fingerprint density at radius 3 is 2.87 bits per heavy atom. The highest BCUT2D eigenvalue weighted by molar-refractivity contribution is 7.06. The third-order valence-electron chi connectivity index (χ3n) is 3.42. The van der Waals surface area contributed by atoms with E-state index in [0.29, 0.717) is 17.9 Å². The fraction of sp³-hybridized carbons (Fsp3) is 0.333. The van der Waals surface area contributed by atoms with Gasteiger partial charge < -0.3 is 4.74 Å². The smallest absolute Gasteiger partial charge is 0.325 e. The topological polar surface area (TPSA) is 48.5 Å². The summed E-state index contributed by atoms with van der Waals surface area (Å²) in [5, 5.41) is 0.122. The van der Waals surface area contributed by atoms with Gasteiger partial charge in [0.25, 0.3) is 0 Å². The Kier molecular flexibility index (Phi) is 4.55. The van der Waals surface area contributed by atoms with Crippen LogP contribution in [0.4, 0.5) is 10.1 Å². The van der Waals surface area contributed by atoms with E-state index in [1.165, 1.54) is 6.07 Å². The second kappa shape index (κ2) is 6.60. The Balaban J connectivity index is 2.09. The van der Waals surface area contributed by atoms with Crippen LogP contribution >= 0.6 is 22.9 Å². The molecule has 5 nitrogen and oxygen atoms in total. The molecule has 1 aliphatic heterocycles. The van der Waals surface area contributed by atoms with E-state index in [1.807, 2.05) is 0 Å². The van der Waals surface area contributed by atoms with Gasteiger partial charge in [-0.05, 0) is 30.2 Å². The van der Waals surface area contributed by atoms with Gasteiger partial charge in [-0.15, -0.1) is 6.42 Å². The van der Waals surface area contributed by atoms with E-state index in [9.17, 15) is 9.18 Å². The summed E-state index contributed by atoms with van der Waals surface area (Å²) in [6.45, 7) is 1.37. The third-order valence-corrected chi connectivity index (χ3v) is 4.59. The lowest BCUT2D eigenvalue weighted by atomic mass is 10.3. The first kappa shape index (κ1) is 15.8. The summed E-state index contributed by atoms with van der Waals surface area (Å²) in [4.78, 5) is 16.6. The minimum Gasteiger partial charge on any atom is -0.479 e. The molecule has 8 heteroatoms. The summed E-state index contributed by atoms with van der Waals surface area (Å²) in [7, 11) is 0. The normalized spacial score (nSPS) is 14.4. The largest absolute Gasteiger partial charge is 0.479 e. The molecule has 2 aromatic rings. The first-order valence-corrected chi connectivity index (χ1v) is 8.20. The van der Waals surface area contributed by atoms with Crippen molar-refractivity contribution in [1.29, 1.82) is 0 Å². The molecule has 0 aliphatic carbocycles. The van der Waals surface area contributed by atoms with Crippen molar-refractivity contribution in [2.75, 3.05) is 6.61 Å². The number of halogens is 2. The van der Waals surface area contributed by atoms with Crippen molar-refractivity contribution in [1.82, 2.24) is 9.36 Å². The van der Waals surface area contributed by atoms with Crippen LogP contribution in [0.3, 0.4) is 0 Å². The molecule has 0 spiro atoms. The number of terminal acetylenes is 1. The maximum atomic E-state index is 14.1. The number of fused-ring (bicyclic) bond motifs is 1. The number of benzene rings is 1. The van der Waals surface area contributed by atoms with E-state index in [2.05, 4.69) is 10.9 Å². The van der Waals surface area contributed by atoms with Crippen LogP contribution in [0.5, 0.6) is 5.75 Å². The van der Waals surface area contributed by atoms with Crippen molar-refractivity contribution in [2.24, 2.45) is 4.99 Å². The van der Waals surface area contributed by atoms with Crippen LogP contribution in [-0.2, 0) is 13.1 Å². The lowest BCUT2D eigenvalue weighted by molar-refractivity contribution is 0.345. The van der Waals surface area contributed by atoms with Crippen LogP contribution in [0.1, 0.15) is 12.8 Å². The van der Waals surface area contributed by atoms with E-state index in [4.69, 9.17) is 22.8 Å². The number of aromatic nitrogens is 2. The average molecular weight is 354 g/mol. The van der Waals surface area contributed by atoms with E-state index in [-0.39, 0.29) is 27.9 Å². The molecule has 1 aliphatic rings. The summed E-state index contributed by atoms with van der Waals surface area (Å²) >= 11 is 6.92. The number of ether oxygens (including phenoxy) is 1. The Morgan fingerprint density at radius 2 is 2.13 bits per heavy atom. The van der Waals surface area contributed by atoms with Gasteiger partial charge in [0.05, 0.1) is 5.02 Å². The highest BCUT2D eigenvalue weighted by Gasteiger charge is 2.14. The molecule has 1 aromatic carbocycles. The summed E-state index contributed by atoms with van der Waals surface area (Å²) in [5.41, 5.74) is 0.0594. The molecule has 0 N–H and O–H groups in total. The summed E-state index contributed by atoms with van der Waals surface area (Å²) in [6, 6.07) is 2.52. The van der Waals surface area contributed by atoms with Gasteiger partial charge in [-0.3, -0.25) is 9.48 Å². The van der Waals surface area contributed by atoms with E-state index in [1.54, 1.807) is 9.36 Å². The highest BCUT2D eigenvalue weighted by Crippen LogP contribution is 2.31. The molecule has 0 unspecified atom stereocenters. The number of hydrogen-bond acceptors (Lipinski definition) is 4. The molecule has 120 valence electrons. The monoisotopic (exact) mass is 353 g/mol. The Labute approximate surface area is 140 Å². The van der Waals surface area contributed by atoms with E-state index in [0.717, 1.165) is 30.2 Å². The van der Waals surface area contributed by atoms with Crippen LogP contribution in [-0.4, -0.2) is 16.0 Å². The van der Waals surface area contributed by atoms with Gasteiger partial charge in [0, 0.05) is 19.2 Å². The molecule has 0 atom stereocenters. The standard InChI is InChI=1S/C15H13ClFN3O2S/c1-2-7-22-13-9-12(11(17)8-10(13)16)18-14-19-5-3-4-6-20(19)15(21)23-14/h1,8-9H,3-7H2. The SMILES string of the molecule is C#CCOc1cc(N=c2sc(=O)n3n2CCCC3)c(F)cc1Cl. The van der Waals surface area contributed by atoms with Gasteiger partial charge in [0.2, 0.25) is 4.80 Å². The van der Waals surface area contributed by atoms with Crippen LogP contribution in [0.2, 0.25) is 5.02 Å². The summed E-state index contributed by atoms with van der Waals surface area (Å²) in [5.74, 6) is 1.99. The Bertz CT molecular complexity index is 907. The van der Waals surface area contributed by atoms with Crippen molar-refractivity contribution in [2.45, 2.75) is 25.9 Å². The quantitative estimate of drug-likeness (QED) is 0.796. The minimum absolute atomic E-state index is 0.0223. The average Bonchev–Trinajstić information content (AvgIpc) is 2.85. The van der Waals surface area contributed by atoms with Crippen LogP contribution in [0, 0.1) is 18.2 Å². The van der Waals surface area contributed by atoms with E-state index >= 15 is 0 Å². The molecule has 0 fully saturated rings. The van der Waals surface area contributed by atoms with Crippen molar-refractivity contribution >= 4 is 28.6 Å². The van der Waals surface area contributed by atoms with Crippen LogP contribution in [0.15, 0.2) is 21.9 Å². The number of nitrogens with zero attached hydrogens (tertiary/aromatic N) is 3. The van der Waals surface area contributed by atoms with Gasteiger partial charge in [-0.2, -0.15) is 0 Å². The maximum Gasteiger partial charge on any atom is 0.325 e. The summed E-state index contributed by atoms with van der Waals surface area (Å²) in [6.07, 6.45) is 7.06. The molecular weight excluding hydrogens is 341 g/mol. The highest BCUT2D eigenvalue weighted by atomic mass is 35.5. The lowest BCUT2D eigenvalue weighted by Crippen LogP contribution is -2.31. The van der Waals surface area contributed by atoms with Crippen molar-refractivity contribution in [3.05, 3.63) is 37.4 Å². The van der Waals surface area contributed by atoms with Crippen LogP contribution in [0.25, 0.3) is 0 Å². The maximum absolute atomic E-state index is 14.1. The number of hydrogen-bond donors (Lipinski definition) is 0. The van der Waals surface area contributed by atoms with Crippen LogP contribution < -0.4 is 14.4 Å². The van der Waals surface area contributed by atoms with Gasteiger partial charge in [-0.25, -0.2) is 14.1 Å². The second-order valence-electron chi connectivity index (χ2n) is 4.94. The Hall–Kier alpha value is -2.04. The molecular formula is C15H13ClFN3O2S. The molecule has 0 bridgehead atoms. The van der Waals surface area contributed by atoms with Crippen molar-refractivity contribution in [3.63, 3.8) is 0 Å². The first-order valence-electron chi connectivity index (χ1n) is 7.01. The first-order chi connectivity index (χ1) is 11.1. The molecule has 0 amide bonds. The predicted octanol–water partition coefficient (Wildman–Crippen LogP) is 2.54. The minimum atomic E-state index is -0.584. The Morgan fingerprint density at radius 1 is 1.39 bits per heavy atom. The molecule has 23 heavy (non-hydrogen) atoms. The molecule has 2 heterocycles. The zero-order valence-corrected chi connectivity index (χ0v) is 13.7. The fourth-order valence-electron chi connectivity index (χ4n) is 2.35. The number of rotatable bonds is 3. The van der Waals surface area contributed by atoms with Crippen molar-refractivity contribution in [3.8, 4) is 18.1 Å². The van der Waals surface area contributed by atoms with E-state index < -0.39 is 5.82 Å². The van der Waals surface area contributed by atoms with Gasteiger partial charge in [-0.1, -0.05) is 17.5 Å². The molecule has 3 rings (SSSR count). The molecule has 0 saturated carbocycles. The molecule has 0 radical (unpaired) electrons. The molecule has 0 saturated heterocycles. The predicted molar refractivity (Wildman–Crippen MR) is 86.8 cm³/mol. The molecule has 1 aromatic heterocycles. The zero-order valence-electron chi connectivity index (χ0n) is 12.1.